The van der Waals surface area contributed by atoms with E-state index in [1.165, 1.54) is 0 Å². The van der Waals surface area contributed by atoms with E-state index in [0.717, 1.165) is 6.07 Å². The molecule has 0 radical (unpaired) electrons. The Bertz CT molecular complexity index is 317. The van der Waals surface area contributed by atoms with Gasteiger partial charge in [-0.2, -0.15) is 0 Å². The molecule has 1 aromatic rings. The smallest absolute Gasteiger partial charge is 0.166 e. The second kappa shape index (κ2) is 3.76. The first kappa shape index (κ1) is 10.0. The van der Waals surface area contributed by atoms with Gasteiger partial charge < -0.3 is 10.8 Å². The number of hydrogen-bond donors (Lipinski definition) is 2. The molecular weight excluding hydrogens is 183 g/mol. The molecule has 5 heteroatoms. The third-order valence-electron chi connectivity index (χ3n) is 1.65. The van der Waals surface area contributed by atoms with Gasteiger partial charge in [0.2, 0.25) is 0 Å². The number of benzene rings is 1. The molecule has 2 nitrogen and oxygen atoms in total. The summed E-state index contributed by atoms with van der Waals surface area (Å²) in [7, 11) is 0. The van der Waals surface area contributed by atoms with Gasteiger partial charge in [-0.25, -0.2) is 13.2 Å². The summed E-state index contributed by atoms with van der Waals surface area (Å²) in [5.74, 6) is -3.48. The van der Waals surface area contributed by atoms with Gasteiger partial charge in [0.25, 0.3) is 0 Å². The van der Waals surface area contributed by atoms with Gasteiger partial charge in [-0.05, 0) is 12.1 Å². The molecule has 3 N–H and O–H groups in total. The maximum Gasteiger partial charge on any atom is 0.166 e. The summed E-state index contributed by atoms with van der Waals surface area (Å²) < 4.78 is 38.3. The molecule has 0 spiro atoms. The van der Waals surface area contributed by atoms with Crippen LogP contribution in [0.3, 0.4) is 0 Å². The van der Waals surface area contributed by atoms with Gasteiger partial charge in [-0.3, -0.25) is 0 Å². The third kappa shape index (κ3) is 1.81. The first-order valence-corrected chi connectivity index (χ1v) is 3.57. The van der Waals surface area contributed by atoms with Crippen LogP contribution in [0.4, 0.5) is 13.2 Å². The Labute approximate surface area is 72.8 Å². The molecule has 0 saturated heterocycles. The van der Waals surface area contributed by atoms with Crippen LogP contribution >= 0.6 is 0 Å². The highest BCUT2D eigenvalue weighted by Crippen LogP contribution is 2.20. The maximum atomic E-state index is 12.9. The van der Waals surface area contributed by atoms with Crippen LogP contribution in [0.1, 0.15) is 11.6 Å². The molecule has 0 heterocycles. The number of hydrogen-bond acceptors (Lipinski definition) is 2. The lowest BCUT2D eigenvalue weighted by Crippen LogP contribution is -2.18. The van der Waals surface area contributed by atoms with Crippen LogP contribution in [0.25, 0.3) is 0 Å². The molecular formula is C8H8F3NO. The van der Waals surface area contributed by atoms with E-state index in [0.29, 0.717) is 6.07 Å². The predicted molar refractivity (Wildman–Crippen MR) is 40.3 cm³/mol. The van der Waals surface area contributed by atoms with Gasteiger partial charge in [0.05, 0.1) is 12.6 Å². The van der Waals surface area contributed by atoms with E-state index in [4.69, 9.17) is 10.8 Å². The fourth-order valence-electron chi connectivity index (χ4n) is 0.974. The summed E-state index contributed by atoms with van der Waals surface area (Å²) in [5.41, 5.74) is 4.55. The Morgan fingerprint density at radius 2 is 1.77 bits per heavy atom. The lowest BCUT2D eigenvalue weighted by molar-refractivity contribution is 0.261. The zero-order valence-electron chi connectivity index (χ0n) is 6.60. The molecule has 0 aliphatic rings. The highest BCUT2D eigenvalue weighted by atomic mass is 19.2. The molecule has 0 bridgehead atoms. The van der Waals surface area contributed by atoms with E-state index >= 15 is 0 Å². The Morgan fingerprint density at radius 3 is 2.31 bits per heavy atom. The fraction of sp³-hybridized carbons (Fsp3) is 0.250. The highest BCUT2D eigenvalue weighted by Gasteiger charge is 2.18. The van der Waals surface area contributed by atoms with Crippen LogP contribution < -0.4 is 5.73 Å². The van der Waals surface area contributed by atoms with Crippen molar-refractivity contribution < 1.29 is 18.3 Å². The first-order chi connectivity index (χ1) is 6.07. The van der Waals surface area contributed by atoms with Crippen molar-refractivity contribution in [2.75, 3.05) is 6.61 Å². The van der Waals surface area contributed by atoms with Crippen LogP contribution in [0.5, 0.6) is 0 Å². The van der Waals surface area contributed by atoms with Crippen molar-refractivity contribution in [1.82, 2.24) is 0 Å². The van der Waals surface area contributed by atoms with Gasteiger partial charge in [-0.15, -0.1) is 0 Å². The van der Waals surface area contributed by atoms with E-state index in [1.54, 1.807) is 0 Å². The van der Waals surface area contributed by atoms with Crippen molar-refractivity contribution in [2.45, 2.75) is 6.04 Å². The van der Waals surface area contributed by atoms with Gasteiger partial charge in [0.15, 0.2) is 11.6 Å². The summed E-state index contributed by atoms with van der Waals surface area (Å²) in [6, 6.07) is 0.192. The monoisotopic (exact) mass is 191 g/mol. The summed E-state index contributed by atoms with van der Waals surface area (Å²) >= 11 is 0. The van der Waals surface area contributed by atoms with Gasteiger partial charge in [0, 0.05) is 5.56 Å². The second-order valence-electron chi connectivity index (χ2n) is 2.55. The number of halogens is 3. The Morgan fingerprint density at radius 1 is 1.23 bits per heavy atom. The van der Waals surface area contributed by atoms with Crippen molar-refractivity contribution in [1.29, 1.82) is 0 Å². The van der Waals surface area contributed by atoms with E-state index in [9.17, 15) is 13.2 Å². The summed E-state index contributed by atoms with van der Waals surface area (Å²) in [6.45, 7) is -0.642. The molecule has 0 aliphatic heterocycles. The average Bonchev–Trinajstić information content (AvgIpc) is 2.12. The van der Waals surface area contributed by atoms with Crippen LogP contribution in [0, 0.1) is 17.5 Å². The zero-order chi connectivity index (χ0) is 10.0. The highest BCUT2D eigenvalue weighted by molar-refractivity contribution is 5.24. The van der Waals surface area contributed by atoms with Crippen molar-refractivity contribution in [3.05, 3.63) is 35.1 Å². The number of aliphatic hydroxyl groups excluding tert-OH is 1. The minimum Gasteiger partial charge on any atom is -0.394 e. The molecule has 0 saturated carbocycles. The minimum absolute atomic E-state index is 0.623. The lowest BCUT2D eigenvalue weighted by Gasteiger charge is -2.10. The number of rotatable bonds is 2. The molecule has 72 valence electrons. The topological polar surface area (TPSA) is 46.2 Å². The zero-order valence-corrected chi connectivity index (χ0v) is 6.60. The fourth-order valence-corrected chi connectivity index (χ4v) is 0.974. The Kier molecular flexibility index (Phi) is 2.90. The molecule has 1 unspecified atom stereocenters. The molecule has 0 aliphatic carbocycles. The molecule has 1 aromatic carbocycles. The van der Waals surface area contributed by atoms with E-state index < -0.39 is 35.7 Å². The number of aliphatic hydroxyl groups is 1. The lowest BCUT2D eigenvalue weighted by atomic mass is 10.1. The van der Waals surface area contributed by atoms with Crippen molar-refractivity contribution in [2.24, 2.45) is 5.73 Å². The molecule has 0 fully saturated rings. The summed E-state index contributed by atoms with van der Waals surface area (Å²) in [6.07, 6.45) is 0. The Hall–Kier alpha value is -1.07. The van der Waals surface area contributed by atoms with Crippen LogP contribution in [0.15, 0.2) is 12.1 Å². The van der Waals surface area contributed by atoms with Crippen LogP contribution in [0.2, 0.25) is 0 Å². The molecule has 0 amide bonds. The third-order valence-corrected chi connectivity index (χ3v) is 1.65. The van der Waals surface area contributed by atoms with Crippen molar-refractivity contribution >= 4 is 0 Å². The van der Waals surface area contributed by atoms with E-state index in [1.807, 2.05) is 0 Å². The predicted octanol–water partition coefficient (Wildman–Crippen LogP) is 1.10. The van der Waals surface area contributed by atoms with Gasteiger partial charge in [0.1, 0.15) is 5.82 Å². The first-order valence-electron chi connectivity index (χ1n) is 3.57. The molecule has 1 atom stereocenters. The van der Waals surface area contributed by atoms with E-state index in [2.05, 4.69) is 0 Å². The second-order valence-corrected chi connectivity index (χ2v) is 2.55. The van der Waals surface area contributed by atoms with E-state index in [-0.39, 0.29) is 0 Å². The van der Waals surface area contributed by atoms with Crippen molar-refractivity contribution in [3.8, 4) is 0 Å². The van der Waals surface area contributed by atoms with Crippen LogP contribution in [-0.2, 0) is 0 Å². The van der Waals surface area contributed by atoms with Gasteiger partial charge in [-0.1, -0.05) is 0 Å². The average molecular weight is 191 g/mol. The maximum absolute atomic E-state index is 12.9. The van der Waals surface area contributed by atoms with Crippen LogP contribution in [-0.4, -0.2) is 11.7 Å². The normalized spacial score (nSPS) is 13.0. The quantitative estimate of drug-likeness (QED) is 0.687. The largest absolute Gasteiger partial charge is 0.394 e. The molecule has 0 aromatic heterocycles. The summed E-state index contributed by atoms with van der Waals surface area (Å²) in [5, 5.41) is 8.55. The SMILES string of the molecule is NC(CO)c1c(F)ccc(F)c1F. The standard InChI is InChI=1S/C8H8F3NO/c9-4-1-2-5(10)8(11)7(4)6(12)3-13/h1-2,6,13H,3,12H2. The van der Waals surface area contributed by atoms with Crippen molar-refractivity contribution in [3.63, 3.8) is 0 Å². The summed E-state index contributed by atoms with van der Waals surface area (Å²) in [4.78, 5) is 0. The molecule has 13 heavy (non-hydrogen) atoms. The molecule has 1 rings (SSSR count). The minimum atomic E-state index is -1.35. The number of nitrogens with two attached hydrogens (primary N) is 1. The Balaban J connectivity index is 3.25. The van der Waals surface area contributed by atoms with Gasteiger partial charge >= 0.3 is 0 Å².